The number of amides is 1. The molecule has 0 fully saturated rings. The minimum Gasteiger partial charge on any atom is -0.375 e. The number of carbonyl (C=O) groups excluding carboxylic acids is 1. The molecule has 3 aromatic rings. The number of fused-ring (bicyclic) bond motifs is 1. The molecule has 106 valence electrons. The van der Waals surface area contributed by atoms with E-state index in [9.17, 15) is 4.79 Å². The number of para-hydroxylation sites is 1. The lowest BCUT2D eigenvalue weighted by Crippen LogP contribution is -2.30. The number of benzene rings is 2. The molecular weight excluding hydrogens is 282 g/mol. The van der Waals surface area contributed by atoms with E-state index in [0.717, 1.165) is 15.9 Å². The summed E-state index contributed by atoms with van der Waals surface area (Å²) in [6.45, 7) is 2.58. The van der Waals surface area contributed by atoms with E-state index in [-0.39, 0.29) is 5.91 Å². The Hall–Kier alpha value is -2.40. The second-order valence-corrected chi connectivity index (χ2v) is 5.68. The molecular formula is C16H15N3OS. The van der Waals surface area contributed by atoms with Crippen molar-refractivity contribution in [3.05, 3.63) is 54.1 Å². The quantitative estimate of drug-likeness (QED) is 0.804. The summed E-state index contributed by atoms with van der Waals surface area (Å²) in [6, 6.07) is 15.2. The van der Waals surface area contributed by atoms with Crippen LogP contribution in [-0.4, -0.2) is 17.4 Å². The van der Waals surface area contributed by atoms with Crippen molar-refractivity contribution in [1.29, 1.82) is 0 Å². The van der Waals surface area contributed by atoms with Crippen LogP contribution in [0.4, 0.5) is 10.8 Å². The molecule has 1 aromatic heterocycles. The topological polar surface area (TPSA) is 59.2 Å². The van der Waals surface area contributed by atoms with Gasteiger partial charge in [0, 0.05) is 17.8 Å². The summed E-state index contributed by atoms with van der Waals surface area (Å²) >= 11 is 1.39. The van der Waals surface area contributed by atoms with Gasteiger partial charge in [0.25, 0.3) is 5.91 Å². The van der Waals surface area contributed by atoms with Gasteiger partial charge in [-0.05, 0) is 37.3 Å². The highest BCUT2D eigenvalue weighted by Crippen LogP contribution is 2.26. The molecule has 0 atom stereocenters. The average molecular weight is 297 g/mol. The van der Waals surface area contributed by atoms with Crippen molar-refractivity contribution in [2.75, 3.05) is 17.2 Å². The molecule has 1 heterocycles. The molecule has 0 saturated heterocycles. The zero-order valence-electron chi connectivity index (χ0n) is 11.6. The second kappa shape index (κ2) is 5.54. The van der Waals surface area contributed by atoms with Crippen LogP contribution in [0.5, 0.6) is 0 Å². The van der Waals surface area contributed by atoms with Crippen LogP contribution in [0.15, 0.2) is 48.5 Å². The summed E-state index contributed by atoms with van der Waals surface area (Å²) in [4.78, 5) is 18.7. The lowest BCUT2D eigenvalue weighted by Gasteiger charge is -2.21. The van der Waals surface area contributed by atoms with E-state index in [1.165, 1.54) is 11.3 Å². The van der Waals surface area contributed by atoms with Gasteiger partial charge in [0.1, 0.15) is 0 Å². The minimum atomic E-state index is -0.0161. The second-order valence-electron chi connectivity index (χ2n) is 4.62. The van der Waals surface area contributed by atoms with E-state index in [1.54, 1.807) is 11.0 Å². The molecule has 5 heteroatoms. The average Bonchev–Trinajstić information content (AvgIpc) is 2.88. The SMILES string of the molecule is CCN(C(=O)c1ccc2nc(N)sc2c1)c1ccccc1. The van der Waals surface area contributed by atoms with Crippen LogP contribution in [0.2, 0.25) is 0 Å². The highest BCUT2D eigenvalue weighted by molar-refractivity contribution is 7.22. The molecule has 2 aromatic carbocycles. The first-order valence-corrected chi connectivity index (χ1v) is 7.53. The molecule has 3 rings (SSSR count). The number of aromatic nitrogens is 1. The molecule has 21 heavy (non-hydrogen) atoms. The number of nitrogen functional groups attached to an aromatic ring is 1. The van der Waals surface area contributed by atoms with E-state index in [1.807, 2.05) is 49.4 Å². The van der Waals surface area contributed by atoms with Gasteiger partial charge in [0.05, 0.1) is 10.2 Å². The van der Waals surface area contributed by atoms with Gasteiger partial charge in [0.2, 0.25) is 0 Å². The smallest absolute Gasteiger partial charge is 0.258 e. The van der Waals surface area contributed by atoms with Crippen LogP contribution in [0.25, 0.3) is 10.2 Å². The van der Waals surface area contributed by atoms with Crippen LogP contribution >= 0.6 is 11.3 Å². The molecule has 0 saturated carbocycles. The van der Waals surface area contributed by atoms with Crippen LogP contribution < -0.4 is 10.6 Å². The summed E-state index contributed by atoms with van der Waals surface area (Å²) in [7, 11) is 0. The van der Waals surface area contributed by atoms with Crippen molar-refractivity contribution in [2.24, 2.45) is 0 Å². The maximum atomic E-state index is 12.7. The van der Waals surface area contributed by atoms with Gasteiger partial charge in [-0.25, -0.2) is 4.98 Å². The largest absolute Gasteiger partial charge is 0.375 e. The molecule has 0 aliphatic rings. The summed E-state index contributed by atoms with van der Waals surface area (Å²) in [5.41, 5.74) is 8.08. The fourth-order valence-corrected chi connectivity index (χ4v) is 3.06. The van der Waals surface area contributed by atoms with Crippen molar-refractivity contribution < 1.29 is 4.79 Å². The lowest BCUT2D eigenvalue weighted by molar-refractivity contribution is 0.0988. The molecule has 0 aliphatic heterocycles. The van der Waals surface area contributed by atoms with Gasteiger partial charge in [-0.3, -0.25) is 4.79 Å². The van der Waals surface area contributed by atoms with Crippen molar-refractivity contribution in [2.45, 2.75) is 6.92 Å². The number of hydrogen-bond donors (Lipinski definition) is 1. The van der Waals surface area contributed by atoms with E-state index >= 15 is 0 Å². The minimum absolute atomic E-state index is 0.0161. The third-order valence-corrected chi connectivity index (χ3v) is 4.13. The Morgan fingerprint density at radius 1 is 1.24 bits per heavy atom. The Labute approximate surface area is 126 Å². The van der Waals surface area contributed by atoms with E-state index in [4.69, 9.17) is 5.73 Å². The van der Waals surface area contributed by atoms with Gasteiger partial charge in [-0.1, -0.05) is 29.5 Å². The number of rotatable bonds is 3. The number of hydrogen-bond acceptors (Lipinski definition) is 4. The molecule has 2 N–H and O–H groups in total. The third kappa shape index (κ3) is 2.60. The molecule has 0 bridgehead atoms. The number of nitrogens with zero attached hydrogens (tertiary/aromatic N) is 2. The molecule has 4 nitrogen and oxygen atoms in total. The highest BCUT2D eigenvalue weighted by atomic mass is 32.1. The predicted octanol–water partition coefficient (Wildman–Crippen LogP) is 3.55. The van der Waals surface area contributed by atoms with E-state index < -0.39 is 0 Å². The Balaban J connectivity index is 1.98. The van der Waals surface area contributed by atoms with E-state index in [2.05, 4.69) is 4.98 Å². The highest BCUT2D eigenvalue weighted by Gasteiger charge is 2.16. The van der Waals surface area contributed by atoms with Gasteiger partial charge in [0.15, 0.2) is 5.13 Å². The normalized spacial score (nSPS) is 10.7. The number of nitrogens with two attached hydrogens (primary N) is 1. The molecule has 0 aliphatic carbocycles. The Morgan fingerprint density at radius 3 is 2.71 bits per heavy atom. The fourth-order valence-electron chi connectivity index (χ4n) is 2.28. The van der Waals surface area contributed by atoms with Crippen LogP contribution in [-0.2, 0) is 0 Å². The predicted molar refractivity (Wildman–Crippen MR) is 87.8 cm³/mol. The van der Waals surface area contributed by atoms with Gasteiger partial charge in [-0.15, -0.1) is 0 Å². The maximum absolute atomic E-state index is 12.7. The van der Waals surface area contributed by atoms with Crippen LogP contribution in [0.3, 0.4) is 0 Å². The Bertz CT molecular complexity index is 783. The van der Waals surface area contributed by atoms with Crippen LogP contribution in [0.1, 0.15) is 17.3 Å². The summed E-state index contributed by atoms with van der Waals surface area (Å²) in [5.74, 6) is -0.0161. The van der Waals surface area contributed by atoms with Gasteiger partial charge >= 0.3 is 0 Å². The number of thiazole rings is 1. The van der Waals surface area contributed by atoms with Gasteiger partial charge < -0.3 is 10.6 Å². The summed E-state index contributed by atoms with van der Waals surface area (Å²) < 4.78 is 0.933. The molecule has 0 radical (unpaired) electrons. The Morgan fingerprint density at radius 2 is 2.00 bits per heavy atom. The van der Waals surface area contributed by atoms with Crippen molar-refractivity contribution in [1.82, 2.24) is 4.98 Å². The standard InChI is InChI=1S/C16H15N3OS/c1-2-19(12-6-4-3-5-7-12)15(20)11-8-9-13-14(10-11)21-16(17)18-13/h3-10H,2H2,1H3,(H2,17,18). The molecule has 0 spiro atoms. The first-order chi connectivity index (χ1) is 10.2. The zero-order valence-corrected chi connectivity index (χ0v) is 12.4. The fraction of sp³-hybridized carbons (Fsp3) is 0.125. The number of anilines is 2. The van der Waals surface area contributed by atoms with Crippen molar-refractivity contribution in [3.8, 4) is 0 Å². The first kappa shape index (κ1) is 13.6. The monoisotopic (exact) mass is 297 g/mol. The van der Waals surface area contributed by atoms with Crippen LogP contribution in [0, 0.1) is 0 Å². The molecule has 1 amide bonds. The zero-order chi connectivity index (χ0) is 14.8. The Kier molecular flexibility index (Phi) is 3.58. The van der Waals surface area contributed by atoms with Crippen molar-refractivity contribution >= 4 is 38.3 Å². The maximum Gasteiger partial charge on any atom is 0.258 e. The summed E-state index contributed by atoms with van der Waals surface area (Å²) in [6.07, 6.45) is 0. The third-order valence-electron chi connectivity index (χ3n) is 3.28. The first-order valence-electron chi connectivity index (χ1n) is 6.72. The van der Waals surface area contributed by atoms with E-state index in [0.29, 0.717) is 17.2 Å². The van der Waals surface area contributed by atoms with Crippen molar-refractivity contribution in [3.63, 3.8) is 0 Å². The lowest BCUT2D eigenvalue weighted by atomic mass is 10.1. The molecule has 0 unspecified atom stereocenters. The summed E-state index contributed by atoms with van der Waals surface area (Å²) in [5, 5.41) is 0.519. The van der Waals surface area contributed by atoms with Gasteiger partial charge in [-0.2, -0.15) is 0 Å². The number of carbonyl (C=O) groups is 1.